The number of hydrogen-bond donors (Lipinski definition) is 1. The van der Waals surface area contributed by atoms with Crippen molar-refractivity contribution in [1.29, 1.82) is 0 Å². The number of rotatable bonds is 7. The second kappa shape index (κ2) is 9.25. The minimum Gasteiger partial charge on any atom is -0.495 e. The minimum absolute atomic E-state index is 0.0139. The molecular weight excluding hydrogens is 442 g/mol. The van der Waals surface area contributed by atoms with Crippen molar-refractivity contribution in [3.05, 3.63) is 54.1 Å². The molecule has 168 valence electrons. The van der Waals surface area contributed by atoms with Gasteiger partial charge in [0.1, 0.15) is 5.75 Å². The SMILES string of the molecule is CCS(=O)(=O)N1CCN(C(=O)c2cccc(S(=O)(=O)Nc3ccccc3OC)c2)CC1. The van der Waals surface area contributed by atoms with Crippen LogP contribution in [-0.2, 0) is 20.0 Å². The monoisotopic (exact) mass is 467 g/mol. The molecule has 31 heavy (non-hydrogen) atoms. The van der Waals surface area contributed by atoms with Crippen molar-refractivity contribution < 1.29 is 26.4 Å². The number of sulfonamides is 2. The Morgan fingerprint density at radius 1 is 1.00 bits per heavy atom. The van der Waals surface area contributed by atoms with Crippen molar-refractivity contribution in [2.75, 3.05) is 43.8 Å². The van der Waals surface area contributed by atoms with Crippen molar-refractivity contribution in [1.82, 2.24) is 9.21 Å². The number of amides is 1. The van der Waals surface area contributed by atoms with Gasteiger partial charge in [-0.15, -0.1) is 0 Å². The van der Waals surface area contributed by atoms with Gasteiger partial charge >= 0.3 is 0 Å². The summed E-state index contributed by atoms with van der Waals surface area (Å²) >= 11 is 0. The Hall–Kier alpha value is -2.63. The first kappa shape index (κ1) is 23.0. The summed E-state index contributed by atoms with van der Waals surface area (Å²) in [6.45, 7) is 2.51. The van der Waals surface area contributed by atoms with E-state index in [4.69, 9.17) is 4.74 Å². The molecule has 2 aromatic carbocycles. The first-order valence-corrected chi connectivity index (χ1v) is 12.8. The average molecular weight is 468 g/mol. The topological polar surface area (TPSA) is 113 Å². The van der Waals surface area contributed by atoms with E-state index in [9.17, 15) is 21.6 Å². The summed E-state index contributed by atoms with van der Waals surface area (Å²) in [6.07, 6.45) is 0. The molecule has 0 unspecified atom stereocenters. The zero-order valence-electron chi connectivity index (χ0n) is 17.3. The van der Waals surface area contributed by atoms with Gasteiger partial charge in [-0.2, -0.15) is 4.31 Å². The number of nitrogens with zero attached hydrogens (tertiary/aromatic N) is 2. The Labute approximate surface area is 182 Å². The van der Waals surface area contributed by atoms with Gasteiger partial charge in [-0.1, -0.05) is 18.2 Å². The van der Waals surface area contributed by atoms with Crippen LogP contribution in [0, 0.1) is 0 Å². The average Bonchev–Trinajstić information content (AvgIpc) is 2.79. The van der Waals surface area contributed by atoms with Crippen LogP contribution in [0.25, 0.3) is 0 Å². The zero-order chi connectivity index (χ0) is 22.6. The van der Waals surface area contributed by atoms with Crippen LogP contribution in [0.3, 0.4) is 0 Å². The van der Waals surface area contributed by atoms with E-state index in [2.05, 4.69) is 4.72 Å². The van der Waals surface area contributed by atoms with Gasteiger partial charge in [-0.05, 0) is 37.3 Å². The molecule has 0 aromatic heterocycles. The first-order valence-electron chi connectivity index (χ1n) is 9.71. The van der Waals surface area contributed by atoms with Crippen LogP contribution in [0.1, 0.15) is 17.3 Å². The molecule has 1 N–H and O–H groups in total. The Morgan fingerprint density at radius 2 is 1.68 bits per heavy atom. The molecule has 0 saturated carbocycles. The normalized spacial score (nSPS) is 15.5. The van der Waals surface area contributed by atoms with E-state index in [0.29, 0.717) is 5.75 Å². The number of methoxy groups -OCH3 is 1. The highest BCUT2D eigenvalue weighted by Gasteiger charge is 2.28. The number of para-hydroxylation sites is 2. The molecule has 9 nitrogen and oxygen atoms in total. The molecule has 1 aliphatic heterocycles. The van der Waals surface area contributed by atoms with Gasteiger partial charge in [0.15, 0.2) is 0 Å². The molecule has 0 aliphatic carbocycles. The molecule has 0 bridgehead atoms. The number of carbonyl (C=O) groups is 1. The van der Waals surface area contributed by atoms with Gasteiger partial charge in [-0.3, -0.25) is 9.52 Å². The van der Waals surface area contributed by atoms with Gasteiger partial charge in [0.25, 0.3) is 15.9 Å². The number of ether oxygens (including phenoxy) is 1. The minimum atomic E-state index is -3.95. The predicted octanol–water partition coefficient (Wildman–Crippen LogP) is 1.60. The van der Waals surface area contributed by atoms with Gasteiger partial charge < -0.3 is 9.64 Å². The number of benzene rings is 2. The number of piperazine rings is 1. The maximum Gasteiger partial charge on any atom is 0.262 e. The molecule has 11 heteroatoms. The Balaban J connectivity index is 1.76. The maximum absolute atomic E-state index is 12.9. The van der Waals surface area contributed by atoms with E-state index in [1.54, 1.807) is 37.3 Å². The van der Waals surface area contributed by atoms with Crippen LogP contribution < -0.4 is 9.46 Å². The highest BCUT2D eigenvalue weighted by atomic mass is 32.2. The second-order valence-electron chi connectivity index (χ2n) is 6.93. The Morgan fingerprint density at radius 3 is 2.32 bits per heavy atom. The molecule has 1 aliphatic rings. The Kier molecular flexibility index (Phi) is 6.87. The summed E-state index contributed by atoms with van der Waals surface area (Å²) in [7, 11) is -5.81. The summed E-state index contributed by atoms with van der Waals surface area (Å²) in [5.74, 6) is 0.0427. The smallest absolute Gasteiger partial charge is 0.262 e. The molecule has 1 heterocycles. The largest absolute Gasteiger partial charge is 0.495 e. The van der Waals surface area contributed by atoms with Crippen LogP contribution in [0.5, 0.6) is 5.75 Å². The highest BCUT2D eigenvalue weighted by molar-refractivity contribution is 7.92. The van der Waals surface area contributed by atoms with Crippen molar-refractivity contribution in [3.63, 3.8) is 0 Å². The van der Waals surface area contributed by atoms with Crippen molar-refractivity contribution in [3.8, 4) is 5.75 Å². The van der Waals surface area contributed by atoms with Crippen LogP contribution in [0.4, 0.5) is 5.69 Å². The van der Waals surface area contributed by atoms with E-state index in [-0.39, 0.29) is 54.0 Å². The van der Waals surface area contributed by atoms with Gasteiger partial charge in [-0.25, -0.2) is 16.8 Å². The third kappa shape index (κ3) is 5.17. The van der Waals surface area contributed by atoms with Crippen LogP contribution >= 0.6 is 0 Å². The third-order valence-corrected chi connectivity index (χ3v) is 8.27. The van der Waals surface area contributed by atoms with Crippen LogP contribution in [0.15, 0.2) is 53.4 Å². The lowest BCUT2D eigenvalue weighted by Gasteiger charge is -2.33. The van der Waals surface area contributed by atoms with Crippen LogP contribution in [-0.4, -0.2) is 71.0 Å². The van der Waals surface area contributed by atoms with Gasteiger partial charge in [0, 0.05) is 31.7 Å². The lowest BCUT2D eigenvalue weighted by molar-refractivity contribution is 0.0697. The molecule has 1 saturated heterocycles. The van der Waals surface area contributed by atoms with E-state index in [1.807, 2.05) is 0 Å². The van der Waals surface area contributed by atoms with E-state index >= 15 is 0 Å². The predicted molar refractivity (Wildman–Crippen MR) is 117 cm³/mol. The summed E-state index contributed by atoms with van der Waals surface area (Å²) in [5.41, 5.74) is 0.504. The number of anilines is 1. The summed E-state index contributed by atoms with van der Waals surface area (Å²) in [6, 6.07) is 12.4. The molecule has 3 rings (SSSR count). The summed E-state index contributed by atoms with van der Waals surface area (Å²) < 4.78 is 58.7. The number of carbonyl (C=O) groups excluding carboxylic acids is 1. The fraction of sp³-hybridized carbons (Fsp3) is 0.350. The molecule has 1 fully saturated rings. The molecule has 1 amide bonds. The summed E-state index contributed by atoms with van der Waals surface area (Å²) in [4.78, 5) is 14.4. The first-order chi connectivity index (χ1) is 14.7. The fourth-order valence-corrected chi connectivity index (χ4v) is 5.46. The van der Waals surface area contributed by atoms with Gasteiger partial charge in [0.05, 0.1) is 23.4 Å². The summed E-state index contributed by atoms with van der Waals surface area (Å²) in [5, 5.41) is 0. The van der Waals surface area contributed by atoms with Crippen molar-refractivity contribution >= 4 is 31.6 Å². The molecular formula is C20H25N3O6S2. The highest BCUT2D eigenvalue weighted by Crippen LogP contribution is 2.26. The lowest BCUT2D eigenvalue weighted by Crippen LogP contribution is -2.50. The van der Waals surface area contributed by atoms with Gasteiger partial charge in [0.2, 0.25) is 10.0 Å². The van der Waals surface area contributed by atoms with Crippen LogP contribution in [0.2, 0.25) is 0 Å². The second-order valence-corrected chi connectivity index (χ2v) is 10.9. The molecule has 2 aromatic rings. The van der Waals surface area contributed by atoms with E-state index < -0.39 is 20.0 Å². The van der Waals surface area contributed by atoms with Crippen molar-refractivity contribution in [2.45, 2.75) is 11.8 Å². The third-order valence-electron chi connectivity index (χ3n) is 5.03. The maximum atomic E-state index is 12.9. The Bertz CT molecular complexity index is 1160. The molecule has 0 radical (unpaired) electrons. The fourth-order valence-electron chi connectivity index (χ4n) is 3.26. The number of hydrogen-bond acceptors (Lipinski definition) is 6. The van der Waals surface area contributed by atoms with E-state index in [0.717, 1.165) is 0 Å². The zero-order valence-corrected chi connectivity index (χ0v) is 18.9. The molecule has 0 spiro atoms. The lowest BCUT2D eigenvalue weighted by atomic mass is 10.2. The number of nitrogens with one attached hydrogen (secondary N) is 1. The van der Waals surface area contributed by atoms with E-state index in [1.165, 1.54) is 34.5 Å². The van der Waals surface area contributed by atoms with Crippen molar-refractivity contribution in [2.24, 2.45) is 0 Å². The molecule has 0 atom stereocenters. The standard InChI is InChI=1S/C20H25N3O6S2/c1-3-30(25,26)23-13-11-22(12-14-23)20(24)16-7-6-8-17(15-16)31(27,28)21-18-9-4-5-10-19(18)29-2/h4-10,15,21H,3,11-14H2,1-2H3. The quantitative estimate of drug-likeness (QED) is 0.662.